The first-order chi connectivity index (χ1) is 9.39. The second-order valence-corrected chi connectivity index (χ2v) is 8.49. The van der Waals surface area contributed by atoms with Crippen molar-refractivity contribution < 1.29 is 13.5 Å². The first-order valence-corrected chi connectivity index (χ1v) is 9.42. The van der Waals surface area contributed by atoms with Gasteiger partial charge in [0.2, 0.25) is 10.0 Å². The summed E-state index contributed by atoms with van der Waals surface area (Å²) in [5, 5.41) is 10.4. The average molecular weight is 304 g/mol. The van der Waals surface area contributed by atoms with Crippen molar-refractivity contribution in [2.45, 2.75) is 50.5 Å². The Morgan fingerprint density at radius 3 is 2.40 bits per heavy atom. The molecule has 0 amide bonds. The first-order valence-electron chi connectivity index (χ1n) is 7.77. The van der Waals surface area contributed by atoms with Crippen LogP contribution in [0.25, 0.3) is 0 Å². The van der Waals surface area contributed by atoms with E-state index >= 15 is 0 Å². The number of piperidine rings is 1. The summed E-state index contributed by atoms with van der Waals surface area (Å²) < 4.78 is 26.9. The monoisotopic (exact) mass is 304 g/mol. The van der Waals surface area contributed by atoms with Crippen LogP contribution >= 0.6 is 0 Å². The second kappa shape index (κ2) is 6.73. The third-order valence-electron chi connectivity index (χ3n) is 4.72. The summed E-state index contributed by atoms with van der Waals surface area (Å²) in [6, 6.07) is 0. The zero-order chi connectivity index (χ0) is 14.6. The molecule has 1 aliphatic heterocycles. The lowest BCUT2D eigenvalue weighted by Gasteiger charge is -2.36. The van der Waals surface area contributed by atoms with Gasteiger partial charge in [-0.05, 0) is 38.6 Å². The van der Waals surface area contributed by atoms with Gasteiger partial charge in [-0.25, -0.2) is 13.1 Å². The first kappa shape index (κ1) is 16.2. The Balaban J connectivity index is 1.79. The molecule has 1 saturated carbocycles. The van der Waals surface area contributed by atoms with Crippen molar-refractivity contribution >= 4 is 10.0 Å². The van der Waals surface area contributed by atoms with Crippen LogP contribution in [0.4, 0.5) is 0 Å². The van der Waals surface area contributed by atoms with Crippen molar-refractivity contribution in [1.82, 2.24) is 9.62 Å². The summed E-state index contributed by atoms with van der Waals surface area (Å²) in [6.07, 6.45) is 6.85. The molecule has 20 heavy (non-hydrogen) atoms. The molecule has 0 aromatic rings. The normalized spacial score (nSPS) is 25.7. The maximum Gasteiger partial charge on any atom is 0.211 e. The number of nitrogens with zero attached hydrogens (tertiary/aromatic N) is 1. The van der Waals surface area contributed by atoms with Gasteiger partial charge in [-0.15, -0.1) is 0 Å². The van der Waals surface area contributed by atoms with E-state index in [4.69, 9.17) is 0 Å². The fourth-order valence-corrected chi connectivity index (χ4v) is 4.74. The maximum atomic E-state index is 12.1. The van der Waals surface area contributed by atoms with Crippen molar-refractivity contribution in [3.63, 3.8) is 0 Å². The Labute approximate surface area is 122 Å². The molecular weight excluding hydrogens is 276 g/mol. The fraction of sp³-hybridized carbons (Fsp3) is 1.00. The van der Waals surface area contributed by atoms with Gasteiger partial charge >= 0.3 is 0 Å². The van der Waals surface area contributed by atoms with Gasteiger partial charge in [-0.1, -0.05) is 19.3 Å². The molecular formula is C14H28N2O3S. The van der Waals surface area contributed by atoms with Gasteiger partial charge in [-0.3, -0.25) is 0 Å². The molecule has 2 fully saturated rings. The fourth-order valence-electron chi connectivity index (χ4n) is 3.18. The van der Waals surface area contributed by atoms with Crippen molar-refractivity contribution in [3.8, 4) is 0 Å². The van der Waals surface area contributed by atoms with E-state index in [0.29, 0.717) is 18.8 Å². The number of nitrogens with one attached hydrogen (secondary N) is 1. The Morgan fingerprint density at radius 1 is 1.20 bits per heavy atom. The molecule has 0 unspecified atom stereocenters. The molecule has 0 atom stereocenters. The van der Waals surface area contributed by atoms with Crippen LogP contribution in [0, 0.1) is 5.92 Å². The topological polar surface area (TPSA) is 69.6 Å². The summed E-state index contributed by atoms with van der Waals surface area (Å²) in [7, 11) is -1.24. The van der Waals surface area contributed by atoms with Gasteiger partial charge in [0, 0.05) is 19.6 Å². The smallest absolute Gasteiger partial charge is 0.211 e. The quantitative estimate of drug-likeness (QED) is 0.793. The molecule has 0 bridgehead atoms. The second-order valence-electron chi connectivity index (χ2n) is 6.63. The molecule has 1 heterocycles. The molecule has 0 aromatic heterocycles. The minimum absolute atomic E-state index is 0.163. The van der Waals surface area contributed by atoms with Gasteiger partial charge in [0.1, 0.15) is 0 Å². The van der Waals surface area contributed by atoms with Gasteiger partial charge in [-0.2, -0.15) is 0 Å². The lowest BCUT2D eigenvalue weighted by atomic mass is 9.91. The Hall–Kier alpha value is -0.170. The van der Waals surface area contributed by atoms with Crippen LogP contribution in [0.5, 0.6) is 0 Å². The van der Waals surface area contributed by atoms with Gasteiger partial charge in [0.25, 0.3) is 0 Å². The highest BCUT2D eigenvalue weighted by molar-refractivity contribution is 7.89. The number of rotatable bonds is 5. The molecule has 1 aliphatic carbocycles. The van der Waals surface area contributed by atoms with Crippen molar-refractivity contribution in [2.24, 2.45) is 5.92 Å². The van der Waals surface area contributed by atoms with E-state index in [2.05, 4.69) is 9.62 Å². The third kappa shape index (κ3) is 4.98. The number of hydrogen-bond donors (Lipinski definition) is 2. The summed E-state index contributed by atoms with van der Waals surface area (Å²) >= 11 is 0. The van der Waals surface area contributed by atoms with Gasteiger partial charge < -0.3 is 10.0 Å². The summed E-state index contributed by atoms with van der Waals surface area (Å²) in [5.74, 6) is 0.525. The molecule has 118 valence electrons. The minimum Gasteiger partial charge on any atom is -0.388 e. The zero-order valence-electron chi connectivity index (χ0n) is 12.5. The predicted molar refractivity (Wildman–Crippen MR) is 80.0 cm³/mol. The van der Waals surface area contributed by atoms with E-state index in [1.807, 2.05) is 7.05 Å². The number of likely N-dealkylation sites (tertiary alicyclic amines) is 1. The Bertz CT molecular complexity index is 397. The van der Waals surface area contributed by atoms with Crippen LogP contribution in [0.2, 0.25) is 0 Å². The average Bonchev–Trinajstić information content (AvgIpc) is 2.41. The minimum atomic E-state index is -3.26. The van der Waals surface area contributed by atoms with E-state index in [9.17, 15) is 13.5 Å². The van der Waals surface area contributed by atoms with E-state index < -0.39 is 15.6 Å². The number of sulfonamides is 1. The Kier molecular flexibility index (Phi) is 5.45. The molecule has 6 heteroatoms. The van der Waals surface area contributed by atoms with Crippen molar-refractivity contribution in [2.75, 3.05) is 32.4 Å². The lowest BCUT2D eigenvalue weighted by molar-refractivity contribution is -0.0104. The lowest BCUT2D eigenvalue weighted by Crippen LogP contribution is -2.50. The highest BCUT2D eigenvalue weighted by Gasteiger charge is 2.32. The third-order valence-corrected chi connectivity index (χ3v) is 6.21. The standard InChI is InChI=1S/C14H28N2O3S/c1-16-9-7-14(17,8-10-16)12-15-20(18,19)11-13-5-3-2-4-6-13/h13,15,17H,2-12H2,1H3. The molecule has 2 N–H and O–H groups in total. The molecule has 5 nitrogen and oxygen atoms in total. The number of aliphatic hydroxyl groups is 1. The molecule has 2 rings (SSSR count). The van der Waals surface area contributed by atoms with Crippen LogP contribution in [-0.2, 0) is 10.0 Å². The van der Waals surface area contributed by atoms with Crippen LogP contribution in [-0.4, -0.2) is 56.5 Å². The Morgan fingerprint density at radius 2 is 1.80 bits per heavy atom. The van der Waals surface area contributed by atoms with Crippen LogP contribution in [0.3, 0.4) is 0 Å². The summed E-state index contributed by atoms with van der Waals surface area (Å²) in [5.41, 5.74) is -0.869. The largest absolute Gasteiger partial charge is 0.388 e. The van der Waals surface area contributed by atoms with Crippen molar-refractivity contribution in [1.29, 1.82) is 0 Å². The predicted octanol–water partition coefficient (Wildman–Crippen LogP) is 0.943. The zero-order valence-corrected chi connectivity index (χ0v) is 13.3. The molecule has 0 radical (unpaired) electrons. The van der Waals surface area contributed by atoms with Crippen LogP contribution in [0.1, 0.15) is 44.9 Å². The molecule has 2 aliphatic rings. The number of hydrogen-bond acceptors (Lipinski definition) is 4. The highest BCUT2D eigenvalue weighted by Crippen LogP contribution is 2.25. The van der Waals surface area contributed by atoms with Crippen molar-refractivity contribution in [3.05, 3.63) is 0 Å². The molecule has 0 spiro atoms. The maximum absolute atomic E-state index is 12.1. The highest BCUT2D eigenvalue weighted by atomic mass is 32.2. The molecule has 0 aromatic carbocycles. The van der Waals surface area contributed by atoms with Gasteiger partial charge in [0.15, 0.2) is 0 Å². The van der Waals surface area contributed by atoms with Crippen LogP contribution in [0.15, 0.2) is 0 Å². The molecule has 1 saturated heterocycles. The van der Waals surface area contributed by atoms with E-state index in [1.165, 1.54) is 6.42 Å². The van der Waals surface area contributed by atoms with Gasteiger partial charge in [0.05, 0.1) is 11.4 Å². The van der Waals surface area contributed by atoms with E-state index in [1.54, 1.807) is 0 Å². The summed E-state index contributed by atoms with van der Waals surface area (Å²) in [4.78, 5) is 2.16. The SMILES string of the molecule is CN1CCC(O)(CNS(=O)(=O)CC2CCCCC2)CC1. The summed E-state index contributed by atoms with van der Waals surface area (Å²) in [6.45, 7) is 1.80. The van der Waals surface area contributed by atoms with E-state index in [-0.39, 0.29) is 12.3 Å². The van der Waals surface area contributed by atoms with Crippen LogP contribution < -0.4 is 4.72 Å². The van der Waals surface area contributed by atoms with E-state index in [0.717, 1.165) is 38.8 Å².